The van der Waals surface area contributed by atoms with Crippen molar-refractivity contribution in [2.45, 2.75) is 20.4 Å². The molecule has 0 fully saturated rings. The van der Waals surface area contributed by atoms with Crippen LogP contribution in [0.2, 0.25) is 0 Å². The molecule has 0 radical (unpaired) electrons. The molecule has 0 unspecified atom stereocenters. The first-order valence-corrected chi connectivity index (χ1v) is 8.33. The monoisotopic (exact) mass is 329 g/mol. The van der Waals surface area contributed by atoms with Crippen molar-refractivity contribution >= 4 is 11.0 Å². The highest BCUT2D eigenvalue weighted by Crippen LogP contribution is 2.23. The molecular weight excluding hydrogens is 310 g/mol. The van der Waals surface area contributed by atoms with Gasteiger partial charge in [-0.25, -0.2) is 0 Å². The van der Waals surface area contributed by atoms with Gasteiger partial charge in [-0.1, -0.05) is 41.5 Å². The summed E-state index contributed by atoms with van der Waals surface area (Å²) in [4.78, 5) is 4.77. The summed E-state index contributed by atoms with van der Waals surface area (Å²) in [5, 5.41) is 1.93. The minimum Gasteiger partial charge on any atom is -0.467 e. The van der Waals surface area contributed by atoms with Gasteiger partial charge >= 0.3 is 0 Å². The summed E-state index contributed by atoms with van der Waals surface area (Å²) in [6, 6.07) is 20.3. The molecule has 0 N–H and O–H groups in total. The Kier molecular flexibility index (Phi) is 3.98. The van der Waals surface area contributed by atoms with Gasteiger partial charge in [-0.2, -0.15) is 0 Å². The fourth-order valence-electron chi connectivity index (χ4n) is 2.84. The van der Waals surface area contributed by atoms with E-state index in [0.29, 0.717) is 6.54 Å². The van der Waals surface area contributed by atoms with Gasteiger partial charge in [0.1, 0.15) is 17.1 Å². The van der Waals surface area contributed by atoms with Crippen LogP contribution in [0.15, 0.2) is 80.8 Å². The molecule has 0 spiro atoms. The zero-order valence-electron chi connectivity index (χ0n) is 14.3. The predicted molar refractivity (Wildman–Crippen MR) is 99.1 cm³/mol. The first-order valence-electron chi connectivity index (χ1n) is 8.33. The number of hydrogen-bond acceptors (Lipinski definition) is 3. The third-order valence-corrected chi connectivity index (χ3v) is 4.22. The summed E-state index contributed by atoms with van der Waals surface area (Å²) in [6.07, 6.45) is 1.67. The molecule has 0 atom stereocenters. The van der Waals surface area contributed by atoms with Crippen LogP contribution in [0.25, 0.3) is 22.3 Å². The minimum absolute atomic E-state index is 0.507. The topological polar surface area (TPSA) is 38.6 Å². The lowest BCUT2D eigenvalue weighted by Crippen LogP contribution is -2.05. The quantitative estimate of drug-likeness (QED) is 0.504. The van der Waals surface area contributed by atoms with E-state index in [-0.39, 0.29) is 0 Å². The van der Waals surface area contributed by atoms with Crippen molar-refractivity contribution in [2.24, 2.45) is 4.99 Å². The van der Waals surface area contributed by atoms with Crippen molar-refractivity contribution in [3.63, 3.8) is 0 Å². The molecule has 4 rings (SSSR count). The van der Waals surface area contributed by atoms with Gasteiger partial charge in [0, 0.05) is 17.0 Å². The van der Waals surface area contributed by atoms with E-state index in [4.69, 9.17) is 13.8 Å². The van der Waals surface area contributed by atoms with Crippen molar-refractivity contribution < 1.29 is 8.83 Å². The number of hydrogen-bond donors (Lipinski definition) is 0. The highest BCUT2D eigenvalue weighted by molar-refractivity contribution is 5.79. The van der Waals surface area contributed by atoms with Crippen LogP contribution in [-0.4, -0.2) is 0 Å². The van der Waals surface area contributed by atoms with E-state index in [9.17, 15) is 0 Å². The zero-order chi connectivity index (χ0) is 17.2. The number of fused-ring (bicyclic) bond motifs is 1. The van der Waals surface area contributed by atoms with Crippen LogP contribution in [0.1, 0.15) is 16.9 Å². The summed E-state index contributed by atoms with van der Waals surface area (Å²) in [6.45, 7) is 4.66. The SMILES string of the molecule is Cc1ccc(-c2cc(=NCc3ccco3)c3cc(C)ccc3o2)cc1. The van der Waals surface area contributed by atoms with E-state index < -0.39 is 0 Å². The van der Waals surface area contributed by atoms with Crippen LogP contribution in [-0.2, 0) is 6.54 Å². The average Bonchev–Trinajstić information content (AvgIpc) is 3.14. The molecule has 0 saturated heterocycles. The van der Waals surface area contributed by atoms with Crippen LogP contribution in [0.3, 0.4) is 0 Å². The lowest BCUT2D eigenvalue weighted by Gasteiger charge is -2.06. The third kappa shape index (κ3) is 3.26. The average molecular weight is 329 g/mol. The smallest absolute Gasteiger partial charge is 0.136 e. The molecule has 0 amide bonds. The number of aryl methyl sites for hydroxylation is 2. The molecule has 124 valence electrons. The Morgan fingerprint density at radius 1 is 0.880 bits per heavy atom. The van der Waals surface area contributed by atoms with Gasteiger partial charge in [0.05, 0.1) is 18.2 Å². The number of benzene rings is 2. The minimum atomic E-state index is 0.507. The molecule has 0 aliphatic carbocycles. The first-order chi connectivity index (χ1) is 12.2. The van der Waals surface area contributed by atoms with E-state index in [1.807, 2.05) is 24.3 Å². The normalized spacial score (nSPS) is 12.0. The molecule has 0 aliphatic rings. The Bertz CT molecular complexity index is 1070. The van der Waals surface area contributed by atoms with Gasteiger partial charge in [0.25, 0.3) is 0 Å². The highest BCUT2D eigenvalue weighted by atomic mass is 16.3. The summed E-state index contributed by atoms with van der Waals surface area (Å²) in [5.41, 5.74) is 4.28. The van der Waals surface area contributed by atoms with E-state index in [1.54, 1.807) is 6.26 Å². The Morgan fingerprint density at radius 3 is 2.44 bits per heavy atom. The highest BCUT2D eigenvalue weighted by Gasteiger charge is 2.06. The van der Waals surface area contributed by atoms with Crippen LogP contribution < -0.4 is 5.36 Å². The summed E-state index contributed by atoms with van der Waals surface area (Å²) in [5.74, 6) is 1.66. The summed E-state index contributed by atoms with van der Waals surface area (Å²) < 4.78 is 11.5. The maximum Gasteiger partial charge on any atom is 0.136 e. The number of furan rings is 1. The third-order valence-electron chi connectivity index (χ3n) is 4.22. The molecule has 3 nitrogen and oxygen atoms in total. The van der Waals surface area contributed by atoms with Crippen LogP contribution in [0, 0.1) is 13.8 Å². The molecule has 2 aromatic heterocycles. The van der Waals surface area contributed by atoms with Gasteiger partial charge in [0.15, 0.2) is 0 Å². The fraction of sp³-hybridized carbons (Fsp3) is 0.136. The second-order valence-electron chi connectivity index (χ2n) is 6.26. The van der Waals surface area contributed by atoms with Gasteiger partial charge < -0.3 is 8.83 Å². The number of rotatable bonds is 3. The molecule has 0 bridgehead atoms. The fourth-order valence-corrected chi connectivity index (χ4v) is 2.84. The maximum atomic E-state index is 6.14. The molecule has 4 aromatic rings. The molecule has 3 heteroatoms. The lowest BCUT2D eigenvalue weighted by molar-refractivity contribution is 0.511. The van der Waals surface area contributed by atoms with Gasteiger partial charge in [-0.3, -0.25) is 4.99 Å². The van der Waals surface area contributed by atoms with E-state index >= 15 is 0 Å². The number of nitrogens with zero attached hydrogens (tertiary/aromatic N) is 1. The van der Waals surface area contributed by atoms with Crippen molar-refractivity contribution in [1.29, 1.82) is 0 Å². The van der Waals surface area contributed by atoms with Crippen molar-refractivity contribution in [3.8, 4) is 11.3 Å². The van der Waals surface area contributed by atoms with E-state index in [0.717, 1.165) is 33.4 Å². The summed E-state index contributed by atoms with van der Waals surface area (Å²) >= 11 is 0. The summed E-state index contributed by atoms with van der Waals surface area (Å²) in [7, 11) is 0. The molecule has 0 aliphatic heterocycles. The first kappa shape index (κ1) is 15.5. The molecule has 0 saturated carbocycles. The predicted octanol–water partition coefficient (Wildman–Crippen LogP) is 5.41. The Morgan fingerprint density at radius 2 is 1.68 bits per heavy atom. The second-order valence-corrected chi connectivity index (χ2v) is 6.26. The van der Waals surface area contributed by atoms with Gasteiger partial charge in [-0.05, 0) is 38.1 Å². The standard InChI is InChI=1S/C22H19NO2/c1-15-5-8-17(9-6-15)22-13-20(23-14-18-4-3-11-24-18)19-12-16(2)7-10-21(19)25-22/h3-13H,14H2,1-2H3. The Labute approximate surface area is 146 Å². The van der Waals surface area contributed by atoms with Crippen LogP contribution in [0.5, 0.6) is 0 Å². The van der Waals surface area contributed by atoms with Crippen molar-refractivity contribution in [3.05, 3.63) is 89.2 Å². The van der Waals surface area contributed by atoms with E-state index in [2.05, 4.69) is 50.2 Å². The van der Waals surface area contributed by atoms with Crippen molar-refractivity contribution in [2.75, 3.05) is 0 Å². The second kappa shape index (κ2) is 6.44. The van der Waals surface area contributed by atoms with E-state index in [1.165, 1.54) is 11.1 Å². The molecular formula is C22H19NO2. The zero-order valence-corrected chi connectivity index (χ0v) is 14.3. The molecule has 25 heavy (non-hydrogen) atoms. The Balaban J connectivity index is 1.90. The van der Waals surface area contributed by atoms with Crippen LogP contribution >= 0.6 is 0 Å². The largest absolute Gasteiger partial charge is 0.467 e. The lowest BCUT2D eigenvalue weighted by atomic mass is 10.1. The van der Waals surface area contributed by atoms with Gasteiger partial charge in [-0.15, -0.1) is 0 Å². The molecule has 2 heterocycles. The molecule has 2 aromatic carbocycles. The Hall–Kier alpha value is -3.07. The van der Waals surface area contributed by atoms with Gasteiger partial charge in [0.2, 0.25) is 0 Å². The maximum absolute atomic E-state index is 6.14. The van der Waals surface area contributed by atoms with Crippen LogP contribution in [0.4, 0.5) is 0 Å². The van der Waals surface area contributed by atoms with Crippen molar-refractivity contribution in [1.82, 2.24) is 0 Å².